The highest BCUT2D eigenvalue weighted by Crippen LogP contribution is 2.22. The Morgan fingerprint density at radius 3 is 2.39 bits per heavy atom. The van der Waals surface area contributed by atoms with Gasteiger partial charge >= 0.3 is 12.0 Å². The largest absolute Gasteiger partial charge is 0.480 e. The molecule has 7 nitrogen and oxygen atoms in total. The highest BCUT2D eigenvalue weighted by molar-refractivity contribution is 6.34. The Hall–Kier alpha value is -2.28. The van der Waals surface area contributed by atoms with E-state index in [9.17, 15) is 14.4 Å². The van der Waals surface area contributed by atoms with E-state index >= 15 is 0 Å². The Labute approximate surface area is 139 Å². The van der Waals surface area contributed by atoms with Crippen molar-refractivity contribution in [2.75, 3.05) is 18.9 Å². The normalized spacial score (nSPS) is 10.8. The average Bonchev–Trinajstić information content (AvgIpc) is 2.37. The van der Waals surface area contributed by atoms with Crippen LogP contribution in [0.5, 0.6) is 0 Å². The molecule has 0 atom stereocenters. The molecule has 3 amide bonds. The lowest BCUT2D eigenvalue weighted by atomic mass is 10.1. The summed E-state index contributed by atoms with van der Waals surface area (Å²) in [5, 5.41) is 14.2. The predicted octanol–water partition coefficient (Wildman–Crippen LogP) is 2.42. The molecule has 3 N–H and O–H groups in total. The van der Waals surface area contributed by atoms with E-state index in [2.05, 4.69) is 10.6 Å². The lowest BCUT2D eigenvalue weighted by Gasteiger charge is -2.21. The first-order chi connectivity index (χ1) is 10.5. The third-order valence-corrected chi connectivity index (χ3v) is 2.99. The number of carboxylic acids is 1. The summed E-state index contributed by atoms with van der Waals surface area (Å²) >= 11 is 5.99. The maximum absolute atomic E-state index is 12.2. The van der Waals surface area contributed by atoms with Crippen molar-refractivity contribution in [3.63, 3.8) is 0 Å². The molecule has 0 aliphatic heterocycles. The lowest BCUT2D eigenvalue weighted by molar-refractivity contribution is -0.137. The molecule has 0 saturated carbocycles. The van der Waals surface area contributed by atoms with Gasteiger partial charge in [-0.3, -0.25) is 9.59 Å². The summed E-state index contributed by atoms with van der Waals surface area (Å²) < 4.78 is 0. The van der Waals surface area contributed by atoms with Crippen LogP contribution in [-0.2, 0) is 4.79 Å². The zero-order valence-corrected chi connectivity index (χ0v) is 14.2. The number of carbonyl (C=O) groups excluding carboxylic acids is 2. The Kier molecular flexibility index (Phi) is 5.98. The van der Waals surface area contributed by atoms with Gasteiger partial charge in [0.1, 0.15) is 6.54 Å². The van der Waals surface area contributed by atoms with E-state index in [-0.39, 0.29) is 10.6 Å². The van der Waals surface area contributed by atoms with Crippen molar-refractivity contribution < 1.29 is 19.5 Å². The number of carboxylic acid groups (broad SMARTS) is 1. The van der Waals surface area contributed by atoms with Gasteiger partial charge < -0.3 is 20.6 Å². The molecule has 23 heavy (non-hydrogen) atoms. The van der Waals surface area contributed by atoms with Gasteiger partial charge in [-0.1, -0.05) is 11.6 Å². The molecular weight excluding hydrogens is 322 g/mol. The lowest BCUT2D eigenvalue weighted by Crippen LogP contribution is -2.43. The van der Waals surface area contributed by atoms with Gasteiger partial charge in [-0.2, -0.15) is 0 Å². The summed E-state index contributed by atoms with van der Waals surface area (Å²) in [6.45, 7) is 5.07. The second kappa shape index (κ2) is 7.32. The van der Waals surface area contributed by atoms with Gasteiger partial charge in [0.05, 0.1) is 10.6 Å². The van der Waals surface area contributed by atoms with Crippen LogP contribution in [0.3, 0.4) is 0 Å². The average molecular weight is 342 g/mol. The van der Waals surface area contributed by atoms with Crippen molar-refractivity contribution in [1.29, 1.82) is 0 Å². The summed E-state index contributed by atoms with van der Waals surface area (Å²) in [4.78, 5) is 35.8. The number of benzene rings is 1. The first kappa shape index (κ1) is 18.8. The number of nitrogens with one attached hydrogen (secondary N) is 2. The number of aliphatic carboxylic acids is 1. The molecule has 1 aromatic rings. The van der Waals surface area contributed by atoms with Gasteiger partial charge in [0.15, 0.2) is 0 Å². The second-order valence-corrected chi connectivity index (χ2v) is 6.49. The molecular formula is C15H20ClN3O4. The highest BCUT2D eigenvalue weighted by atomic mass is 35.5. The Morgan fingerprint density at radius 1 is 1.26 bits per heavy atom. The van der Waals surface area contributed by atoms with Gasteiger partial charge in [0, 0.05) is 18.3 Å². The van der Waals surface area contributed by atoms with E-state index in [1.54, 1.807) is 6.07 Å². The fraction of sp³-hybridized carbons (Fsp3) is 0.400. The van der Waals surface area contributed by atoms with Gasteiger partial charge in [-0.25, -0.2) is 4.79 Å². The van der Waals surface area contributed by atoms with Crippen molar-refractivity contribution in [2.24, 2.45) is 0 Å². The van der Waals surface area contributed by atoms with E-state index < -0.39 is 30.0 Å². The first-order valence-electron chi connectivity index (χ1n) is 6.85. The maximum atomic E-state index is 12.2. The highest BCUT2D eigenvalue weighted by Gasteiger charge is 2.19. The zero-order chi connectivity index (χ0) is 17.8. The van der Waals surface area contributed by atoms with E-state index in [0.29, 0.717) is 5.69 Å². The van der Waals surface area contributed by atoms with Crippen LogP contribution in [0.15, 0.2) is 18.2 Å². The molecule has 0 spiro atoms. The molecule has 0 fully saturated rings. The Morgan fingerprint density at radius 2 is 1.87 bits per heavy atom. The quantitative estimate of drug-likeness (QED) is 0.783. The first-order valence-corrected chi connectivity index (χ1v) is 7.23. The third kappa shape index (κ3) is 6.15. The van der Waals surface area contributed by atoms with Crippen LogP contribution in [0.25, 0.3) is 0 Å². The van der Waals surface area contributed by atoms with Crippen LogP contribution >= 0.6 is 11.6 Å². The van der Waals surface area contributed by atoms with Crippen LogP contribution in [0, 0.1) is 0 Å². The topological polar surface area (TPSA) is 98.7 Å². The minimum atomic E-state index is -1.13. The maximum Gasteiger partial charge on any atom is 0.323 e. The number of hydrogen-bond acceptors (Lipinski definition) is 3. The second-order valence-electron chi connectivity index (χ2n) is 6.08. The SMILES string of the molecule is CN(CC(=O)O)C(=O)c1cc(NC(=O)NC(C)(C)C)ccc1Cl. The van der Waals surface area contributed by atoms with Crippen molar-refractivity contribution in [3.05, 3.63) is 28.8 Å². The molecule has 0 bridgehead atoms. The molecule has 0 aliphatic rings. The third-order valence-electron chi connectivity index (χ3n) is 2.66. The minimum Gasteiger partial charge on any atom is -0.480 e. The van der Waals surface area contributed by atoms with E-state index in [1.807, 2.05) is 20.8 Å². The molecule has 0 aromatic heterocycles. The number of anilines is 1. The van der Waals surface area contributed by atoms with Crippen LogP contribution in [0.2, 0.25) is 5.02 Å². The zero-order valence-electron chi connectivity index (χ0n) is 13.4. The molecule has 1 rings (SSSR count). The number of rotatable bonds is 4. The van der Waals surface area contributed by atoms with Gasteiger partial charge in [0.2, 0.25) is 0 Å². The summed E-state index contributed by atoms with van der Waals surface area (Å²) in [7, 11) is 1.36. The molecule has 0 aliphatic carbocycles. The van der Waals surface area contributed by atoms with E-state index in [1.165, 1.54) is 19.2 Å². The fourth-order valence-electron chi connectivity index (χ4n) is 1.75. The van der Waals surface area contributed by atoms with Gasteiger partial charge in [0.25, 0.3) is 5.91 Å². The van der Waals surface area contributed by atoms with Crippen molar-refractivity contribution in [1.82, 2.24) is 10.2 Å². The molecule has 126 valence electrons. The van der Waals surface area contributed by atoms with E-state index in [0.717, 1.165) is 4.90 Å². The summed E-state index contributed by atoms with van der Waals surface area (Å²) in [6.07, 6.45) is 0. The number of amides is 3. The van der Waals surface area contributed by atoms with Crippen LogP contribution in [0.1, 0.15) is 31.1 Å². The van der Waals surface area contributed by atoms with Crippen LogP contribution < -0.4 is 10.6 Å². The minimum absolute atomic E-state index is 0.115. The number of carbonyl (C=O) groups is 3. The molecule has 0 heterocycles. The van der Waals surface area contributed by atoms with Crippen LogP contribution in [0.4, 0.5) is 10.5 Å². The molecule has 1 aromatic carbocycles. The number of urea groups is 1. The molecule has 0 unspecified atom stereocenters. The number of nitrogens with zero attached hydrogens (tertiary/aromatic N) is 1. The molecule has 0 radical (unpaired) electrons. The summed E-state index contributed by atoms with van der Waals surface area (Å²) in [6, 6.07) is 4.01. The Balaban J connectivity index is 2.93. The number of hydrogen-bond donors (Lipinski definition) is 3. The number of halogens is 1. The standard InChI is InChI=1S/C15H20ClN3O4/c1-15(2,3)18-14(23)17-9-5-6-11(16)10(7-9)13(22)19(4)8-12(20)21/h5-7H,8H2,1-4H3,(H,20,21)(H2,17,18,23). The van der Waals surface area contributed by atoms with Crippen molar-refractivity contribution in [3.8, 4) is 0 Å². The van der Waals surface area contributed by atoms with Gasteiger partial charge in [-0.05, 0) is 39.0 Å². The number of likely N-dealkylation sites (N-methyl/N-ethyl adjacent to an activating group) is 1. The van der Waals surface area contributed by atoms with E-state index in [4.69, 9.17) is 16.7 Å². The monoisotopic (exact) mass is 341 g/mol. The van der Waals surface area contributed by atoms with Gasteiger partial charge in [-0.15, -0.1) is 0 Å². The molecule has 0 saturated heterocycles. The smallest absolute Gasteiger partial charge is 0.323 e. The fourth-order valence-corrected chi connectivity index (χ4v) is 1.95. The Bertz CT molecular complexity index is 626. The molecule has 8 heteroatoms. The van der Waals surface area contributed by atoms with Crippen LogP contribution in [-0.4, -0.2) is 47.0 Å². The van der Waals surface area contributed by atoms with Crippen molar-refractivity contribution in [2.45, 2.75) is 26.3 Å². The summed E-state index contributed by atoms with van der Waals surface area (Å²) in [5.74, 6) is -1.67. The summed E-state index contributed by atoms with van der Waals surface area (Å²) in [5.41, 5.74) is 0.0869. The van der Waals surface area contributed by atoms with Crippen molar-refractivity contribution >= 4 is 35.2 Å². The predicted molar refractivity (Wildman–Crippen MR) is 88.0 cm³/mol.